The number of amides is 1. The quantitative estimate of drug-likeness (QED) is 0.896. The summed E-state index contributed by atoms with van der Waals surface area (Å²) in [5.74, 6) is 0.621. The number of benzene rings is 1. The zero-order chi connectivity index (χ0) is 16.8. The monoisotopic (exact) mass is 331 g/mol. The molecule has 2 aliphatic heterocycles. The Morgan fingerprint density at radius 1 is 1.21 bits per heavy atom. The van der Waals surface area contributed by atoms with Crippen molar-refractivity contribution in [3.05, 3.63) is 29.8 Å². The van der Waals surface area contributed by atoms with E-state index in [1.807, 2.05) is 12.1 Å². The Balaban J connectivity index is 1.45. The maximum atomic E-state index is 12.3. The van der Waals surface area contributed by atoms with Crippen molar-refractivity contribution in [1.29, 1.82) is 0 Å². The summed E-state index contributed by atoms with van der Waals surface area (Å²) in [6, 6.07) is 8.00. The maximum Gasteiger partial charge on any atom is 0.251 e. The van der Waals surface area contributed by atoms with E-state index in [-0.39, 0.29) is 5.91 Å². The third-order valence-corrected chi connectivity index (χ3v) is 5.09. The number of anilines is 1. The molecule has 1 N–H and O–H groups in total. The molecule has 0 saturated carbocycles. The van der Waals surface area contributed by atoms with Crippen LogP contribution >= 0.6 is 0 Å². The maximum absolute atomic E-state index is 12.3. The highest BCUT2D eigenvalue weighted by atomic mass is 16.5. The highest BCUT2D eigenvalue weighted by molar-refractivity contribution is 5.94. The number of ether oxygens (including phenoxy) is 1. The van der Waals surface area contributed by atoms with E-state index in [0.717, 1.165) is 64.3 Å². The van der Waals surface area contributed by atoms with Crippen LogP contribution in [0, 0.1) is 5.92 Å². The molecule has 1 atom stereocenters. The summed E-state index contributed by atoms with van der Waals surface area (Å²) in [6.07, 6.45) is 3.37. The van der Waals surface area contributed by atoms with E-state index in [1.54, 1.807) is 0 Å². The molecule has 2 heterocycles. The summed E-state index contributed by atoms with van der Waals surface area (Å²) in [4.78, 5) is 17.0. The van der Waals surface area contributed by atoms with Crippen LogP contribution in [-0.2, 0) is 4.74 Å². The number of piperazine rings is 1. The minimum atomic E-state index is 0.0247. The second kappa shape index (κ2) is 8.49. The van der Waals surface area contributed by atoms with E-state index in [2.05, 4.69) is 34.3 Å². The largest absolute Gasteiger partial charge is 0.381 e. The number of nitrogens with zero attached hydrogens (tertiary/aromatic N) is 2. The third-order valence-electron chi connectivity index (χ3n) is 5.09. The van der Waals surface area contributed by atoms with Gasteiger partial charge in [-0.1, -0.05) is 0 Å². The van der Waals surface area contributed by atoms with Crippen molar-refractivity contribution in [2.45, 2.75) is 19.3 Å². The van der Waals surface area contributed by atoms with Gasteiger partial charge in [0.25, 0.3) is 5.91 Å². The molecule has 1 aromatic carbocycles. The van der Waals surface area contributed by atoms with Crippen LogP contribution in [0.4, 0.5) is 5.69 Å². The van der Waals surface area contributed by atoms with Gasteiger partial charge in [0.1, 0.15) is 0 Å². The van der Waals surface area contributed by atoms with E-state index in [4.69, 9.17) is 4.74 Å². The molecule has 2 saturated heterocycles. The number of nitrogens with one attached hydrogen (secondary N) is 1. The molecule has 3 rings (SSSR count). The number of likely N-dealkylation sites (N-methyl/N-ethyl adjacent to an activating group) is 1. The average Bonchev–Trinajstić information content (AvgIpc) is 2.63. The predicted octanol–water partition coefficient (Wildman–Crippen LogP) is 1.98. The molecule has 5 heteroatoms. The molecule has 5 nitrogen and oxygen atoms in total. The first kappa shape index (κ1) is 17.2. The van der Waals surface area contributed by atoms with Gasteiger partial charge in [-0.3, -0.25) is 4.79 Å². The van der Waals surface area contributed by atoms with Crippen LogP contribution in [0.5, 0.6) is 0 Å². The van der Waals surface area contributed by atoms with Gasteiger partial charge in [0.05, 0.1) is 0 Å². The lowest BCUT2D eigenvalue weighted by atomic mass is 9.99. The van der Waals surface area contributed by atoms with Crippen LogP contribution < -0.4 is 10.2 Å². The van der Waals surface area contributed by atoms with Gasteiger partial charge in [0, 0.05) is 57.2 Å². The van der Waals surface area contributed by atoms with Gasteiger partial charge in [-0.25, -0.2) is 0 Å². The number of hydrogen-bond acceptors (Lipinski definition) is 4. The SMILES string of the molecule is CN1CCN(c2ccc(C(=O)NCC[C@H]3CCCOC3)cc2)CC1. The van der Waals surface area contributed by atoms with Crippen molar-refractivity contribution >= 4 is 11.6 Å². The zero-order valence-electron chi connectivity index (χ0n) is 14.7. The molecule has 2 aliphatic rings. The number of carbonyl (C=O) groups is 1. The fraction of sp³-hybridized carbons (Fsp3) is 0.632. The lowest BCUT2D eigenvalue weighted by Gasteiger charge is -2.34. The summed E-state index contributed by atoms with van der Waals surface area (Å²) in [6.45, 7) is 6.74. The van der Waals surface area contributed by atoms with Gasteiger partial charge in [-0.15, -0.1) is 0 Å². The smallest absolute Gasteiger partial charge is 0.251 e. The summed E-state index contributed by atoms with van der Waals surface area (Å²) < 4.78 is 5.48. The van der Waals surface area contributed by atoms with Crippen LogP contribution in [0.15, 0.2) is 24.3 Å². The average molecular weight is 331 g/mol. The Bertz CT molecular complexity index is 518. The fourth-order valence-electron chi connectivity index (χ4n) is 3.42. The molecule has 1 amide bonds. The van der Waals surface area contributed by atoms with E-state index in [9.17, 15) is 4.79 Å². The lowest BCUT2D eigenvalue weighted by Crippen LogP contribution is -2.44. The highest BCUT2D eigenvalue weighted by Crippen LogP contribution is 2.18. The van der Waals surface area contributed by atoms with Gasteiger partial charge in [-0.05, 0) is 56.5 Å². The van der Waals surface area contributed by atoms with Crippen LogP contribution in [0.1, 0.15) is 29.6 Å². The first-order chi connectivity index (χ1) is 11.7. The summed E-state index contributed by atoms with van der Waals surface area (Å²) >= 11 is 0. The normalized spacial score (nSPS) is 22.4. The van der Waals surface area contributed by atoms with Crippen molar-refractivity contribution in [2.75, 3.05) is 57.9 Å². The zero-order valence-corrected chi connectivity index (χ0v) is 14.7. The molecule has 1 aromatic rings. The second-order valence-corrected chi connectivity index (χ2v) is 6.96. The minimum Gasteiger partial charge on any atom is -0.381 e. The van der Waals surface area contributed by atoms with Crippen LogP contribution in [-0.4, -0.2) is 63.8 Å². The van der Waals surface area contributed by atoms with E-state index in [1.165, 1.54) is 12.1 Å². The topological polar surface area (TPSA) is 44.8 Å². The second-order valence-electron chi connectivity index (χ2n) is 6.96. The van der Waals surface area contributed by atoms with Gasteiger partial charge in [-0.2, -0.15) is 0 Å². The molecule has 24 heavy (non-hydrogen) atoms. The van der Waals surface area contributed by atoms with Crippen molar-refractivity contribution in [2.24, 2.45) is 5.92 Å². The Labute approximate surface area is 145 Å². The van der Waals surface area contributed by atoms with E-state index >= 15 is 0 Å². The highest BCUT2D eigenvalue weighted by Gasteiger charge is 2.16. The number of hydrogen-bond donors (Lipinski definition) is 1. The standard InChI is InChI=1S/C19H29N3O2/c1-21-10-12-22(13-11-21)18-6-4-17(5-7-18)19(23)20-9-8-16-3-2-14-24-15-16/h4-7,16H,2-3,8-15H2,1H3,(H,20,23)/t16-/m1/s1. The van der Waals surface area contributed by atoms with E-state index < -0.39 is 0 Å². The van der Waals surface area contributed by atoms with Crippen LogP contribution in [0.25, 0.3) is 0 Å². The van der Waals surface area contributed by atoms with Gasteiger partial charge in [0.2, 0.25) is 0 Å². The molecule has 0 aromatic heterocycles. The van der Waals surface area contributed by atoms with Crippen molar-refractivity contribution in [3.8, 4) is 0 Å². The Morgan fingerprint density at radius 2 is 1.96 bits per heavy atom. The Hall–Kier alpha value is -1.59. The van der Waals surface area contributed by atoms with Gasteiger partial charge < -0.3 is 19.9 Å². The first-order valence-corrected chi connectivity index (χ1v) is 9.12. The molecule has 2 fully saturated rings. The Kier molecular flexibility index (Phi) is 6.10. The van der Waals surface area contributed by atoms with Gasteiger partial charge in [0.15, 0.2) is 0 Å². The molecular weight excluding hydrogens is 302 g/mol. The van der Waals surface area contributed by atoms with Crippen molar-refractivity contribution in [1.82, 2.24) is 10.2 Å². The van der Waals surface area contributed by atoms with Crippen molar-refractivity contribution < 1.29 is 9.53 Å². The van der Waals surface area contributed by atoms with Crippen molar-refractivity contribution in [3.63, 3.8) is 0 Å². The number of rotatable bonds is 5. The Morgan fingerprint density at radius 3 is 2.62 bits per heavy atom. The molecule has 0 unspecified atom stereocenters. The molecule has 0 spiro atoms. The summed E-state index contributed by atoms with van der Waals surface area (Å²) in [7, 11) is 2.16. The van der Waals surface area contributed by atoms with Crippen LogP contribution in [0.3, 0.4) is 0 Å². The number of carbonyl (C=O) groups excluding carboxylic acids is 1. The third kappa shape index (κ3) is 4.71. The summed E-state index contributed by atoms with van der Waals surface area (Å²) in [5.41, 5.74) is 1.95. The molecule has 0 bridgehead atoms. The molecule has 132 valence electrons. The molecular formula is C19H29N3O2. The van der Waals surface area contributed by atoms with Gasteiger partial charge >= 0.3 is 0 Å². The molecule has 0 radical (unpaired) electrons. The molecule has 0 aliphatic carbocycles. The lowest BCUT2D eigenvalue weighted by molar-refractivity contribution is 0.0514. The fourth-order valence-corrected chi connectivity index (χ4v) is 3.42. The summed E-state index contributed by atoms with van der Waals surface area (Å²) in [5, 5.41) is 3.04. The van der Waals surface area contributed by atoms with E-state index in [0.29, 0.717) is 5.92 Å². The minimum absolute atomic E-state index is 0.0247. The predicted molar refractivity (Wildman–Crippen MR) is 96.6 cm³/mol. The van der Waals surface area contributed by atoms with Crippen LogP contribution in [0.2, 0.25) is 0 Å². The first-order valence-electron chi connectivity index (χ1n) is 9.12.